The maximum absolute atomic E-state index is 13.1. The number of fused-ring (bicyclic) bond motifs is 1. The van der Waals surface area contributed by atoms with E-state index >= 15 is 0 Å². The van der Waals surface area contributed by atoms with Crippen molar-refractivity contribution in [3.8, 4) is 0 Å². The summed E-state index contributed by atoms with van der Waals surface area (Å²) in [6, 6.07) is 13.8. The maximum Gasteiger partial charge on any atom is 0.325 e. The predicted octanol–water partition coefficient (Wildman–Crippen LogP) is 2.65. The third kappa shape index (κ3) is 3.14. The molecule has 0 atom stereocenters. The highest BCUT2D eigenvalue weighted by molar-refractivity contribution is 5.96. The number of urea groups is 1. The number of nitrogens with zero attached hydrogens (tertiary/aromatic N) is 3. The first kappa shape index (κ1) is 16.6. The Hall–Kier alpha value is -2.89. The number of benzene rings is 2. The third-order valence-electron chi connectivity index (χ3n) is 5.04. The minimum Gasteiger partial charge on any atom is -0.336 e. The van der Waals surface area contributed by atoms with Gasteiger partial charge >= 0.3 is 6.03 Å². The molecular formula is C20H20FN3O2. The molecule has 0 bridgehead atoms. The molecule has 26 heavy (non-hydrogen) atoms. The van der Waals surface area contributed by atoms with Crippen LogP contribution in [-0.4, -0.2) is 47.9 Å². The highest BCUT2D eigenvalue weighted by Crippen LogP contribution is 2.22. The van der Waals surface area contributed by atoms with E-state index < -0.39 is 0 Å². The van der Waals surface area contributed by atoms with Gasteiger partial charge in [0.15, 0.2) is 0 Å². The highest BCUT2D eigenvalue weighted by Gasteiger charge is 2.32. The largest absolute Gasteiger partial charge is 0.336 e. The lowest BCUT2D eigenvalue weighted by Gasteiger charge is -2.30. The molecule has 0 radical (unpaired) electrons. The number of anilines is 1. The van der Waals surface area contributed by atoms with Gasteiger partial charge in [-0.25, -0.2) is 9.18 Å². The van der Waals surface area contributed by atoms with E-state index in [-0.39, 0.29) is 24.3 Å². The minimum absolute atomic E-state index is 0.0335. The van der Waals surface area contributed by atoms with Crippen molar-refractivity contribution in [1.29, 1.82) is 0 Å². The van der Waals surface area contributed by atoms with Crippen molar-refractivity contribution in [1.82, 2.24) is 9.80 Å². The zero-order valence-electron chi connectivity index (χ0n) is 14.4. The molecule has 134 valence electrons. The Morgan fingerprint density at radius 3 is 2.46 bits per heavy atom. The number of rotatable bonds is 3. The van der Waals surface area contributed by atoms with Gasteiger partial charge in [-0.1, -0.05) is 24.3 Å². The Kier molecular flexibility index (Phi) is 4.32. The van der Waals surface area contributed by atoms with Crippen LogP contribution >= 0.6 is 0 Å². The average Bonchev–Trinajstić information content (AvgIpc) is 3.02. The van der Waals surface area contributed by atoms with Gasteiger partial charge in [-0.15, -0.1) is 0 Å². The zero-order chi connectivity index (χ0) is 18.1. The molecule has 0 aliphatic carbocycles. The Morgan fingerprint density at radius 2 is 1.69 bits per heavy atom. The van der Waals surface area contributed by atoms with Crippen LogP contribution in [-0.2, 0) is 17.8 Å². The van der Waals surface area contributed by atoms with Crippen molar-refractivity contribution >= 4 is 17.6 Å². The van der Waals surface area contributed by atoms with E-state index in [1.54, 1.807) is 21.9 Å². The van der Waals surface area contributed by atoms with Gasteiger partial charge in [0, 0.05) is 31.9 Å². The average molecular weight is 353 g/mol. The van der Waals surface area contributed by atoms with Crippen molar-refractivity contribution in [3.05, 3.63) is 65.5 Å². The first-order valence-electron chi connectivity index (χ1n) is 8.78. The van der Waals surface area contributed by atoms with Crippen molar-refractivity contribution in [3.63, 3.8) is 0 Å². The van der Waals surface area contributed by atoms with Crippen molar-refractivity contribution in [2.24, 2.45) is 0 Å². The predicted molar refractivity (Wildman–Crippen MR) is 96.3 cm³/mol. The summed E-state index contributed by atoms with van der Waals surface area (Å²) in [5.74, 6) is -0.369. The summed E-state index contributed by atoms with van der Waals surface area (Å²) in [5, 5.41) is 0. The summed E-state index contributed by atoms with van der Waals surface area (Å²) in [6.45, 7) is 2.35. The molecule has 2 heterocycles. The molecule has 0 N–H and O–H groups in total. The van der Waals surface area contributed by atoms with Crippen LogP contribution in [0, 0.1) is 5.82 Å². The molecule has 0 unspecified atom stereocenters. The van der Waals surface area contributed by atoms with Crippen LogP contribution in [0.15, 0.2) is 48.5 Å². The monoisotopic (exact) mass is 353 g/mol. The van der Waals surface area contributed by atoms with Crippen LogP contribution in [0.3, 0.4) is 0 Å². The van der Waals surface area contributed by atoms with Gasteiger partial charge in [0.25, 0.3) is 0 Å². The van der Waals surface area contributed by atoms with Gasteiger partial charge in [-0.3, -0.25) is 9.69 Å². The summed E-state index contributed by atoms with van der Waals surface area (Å²) in [5.41, 5.74) is 3.11. The van der Waals surface area contributed by atoms with E-state index in [4.69, 9.17) is 0 Å². The van der Waals surface area contributed by atoms with E-state index in [9.17, 15) is 14.0 Å². The number of halogens is 1. The Labute approximate surface area is 151 Å². The summed E-state index contributed by atoms with van der Waals surface area (Å²) in [4.78, 5) is 30.2. The molecule has 3 amide bonds. The zero-order valence-corrected chi connectivity index (χ0v) is 14.4. The Bertz CT molecular complexity index is 837. The minimum atomic E-state index is -0.335. The lowest BCUT2D eigenvalue weighted by molar-refractivity contribution is -0.132. The van der Waals surface area contributed by atoms with Crippen LogP contribution in [0.5, 0.6) is 0 Å². The van der Waals surface area contributed by atoms with Gasteiger partial charge in [0.1, 0.15) is 12.4 Å². The van der Waals surface area contributed by atoms with Gasteiger partial charge < -0.3 is 9.80 Å². The molecule has 1 saturated heterocycles. The standard InChI is InChI=1S/C20H20FN3O2/c21-17-5-7-18(8-6-17)24-12-11-23(20(24)26)14-19(25)22-10-9-15-3-1-2-4-16(15)13-22/h1-8H,9-14H2. The first-order valence-corrected chi connectivity index (χ1v) is 8.78. The fourth-order valence-corrected chi connectivity index (χ4v) is 3.56. The summed E-state index contributed by atoms with van der Waals surface area (Å²) >= 11 is 0. The lowest BCUT2D eigenvalue weighted by Crippen LogP contribution is -2.44. The molecule has 5 nitrogen and oxygen atoms in total. The number of hydrogen-bond acceptors (Lipinski definition) is 2. The van der Waals surface area contributed by atoms with Crippen LogP contribution in [0.2, 0.25) is 0 Å². The second-order valence-electron chi connectivity index (χ2n) is 6.67. The molecule has 0 saturated carbocycles. The second-order valence-corrected chi connectivity index (χ2v) is 6.67. The molecule has 0 spiro atoms. The van der Waals surface area contributed by atoms with Crippen molar-refractivity contribution in [2.45, 2.75) is 13.0 Å². The molecule has 2 aliphatic heterocycles. The van der Waals surface area contributed by atoms with Gasteiger partial charge in [-0.2, -0.15) is 0 Å². The molecule has 6 heteroatoms. The quantitative estimate of drug-likeness (QED) is 0.852. The van der Waals surface area contributed by atoms with Crippen molar-refractivity contribution < 1.29 is 14.0 Å². The van der Waals surface area contributed by atoms with Crippen LogP contribution < -0.4 is 4.90 Å². The molecular weight excluding hydrogens is 333 g/mol. The fourth-order valence-electron chi connectivity index (χ4n) is 3.56. The topological polar surface area (TPSA) is 43.9 Å². The Balaban J connectivity index is 1.39. The third-order valence-corrected chi connectivity index (χ3v) is 5.04. The smallest absolute Gasteiger partial charge is 0.325 e. The van der Waals surface area contributed by atoms with E-state index in [1.165, 1.54) is 23.3 Å². The molecule has 2 aliphatic rings. The number of amides is 3. The van der Waals surface area contributed by atoms with E-state index in [0.29, 0.717) is 31.9 Å². The summed E-state index contributed by atoms with van der Waals surface area (Å²) in [6.07, 6.45) is 0.845. The maximum atomic E-state index is 13.1. The van der Waals surface area contributed by atoms with Crippen LogP contribution in [0.25, 0.3) is 0 Å². The van der Waals surface area contributed by atoms with Crippen molar-refractivity contribution in [2.75, 3.05) is 31.1 Å². The summed E-state index contributed by atoms with van der Waals surface area (Å²) < 4.78 is 13.1. The normalized spacial score (nSPS) is 16.8. The first-order chi connectivity index (χ1) is 12.6. The van der Waals surface area contributed by atoms with E-state index in [1.807, 2.05) is 23.1 Å². The van der Waals surface area contributed by atoms with E-state index in [2.05, 4.69) is 6.07 Å². The molecule has 2 aromatic carbocycles. The van der Waals surface area contributed by atoms with Gasteiger partial charge in [0.2, 0.25) is 5.91 Å². The molecule has 0 aromatic heterocycles. The molecule has 2 aromatic rings. The number of carbonyl (C=O) groups excluding carboxylic acids is 2. The highest BCUT2D eigenvalue weighted by atomic mass is 19.1. The SMILES string of the molecule is O=C(CN1CCN(c2ccc(F)cc2)C1=O)N1CCc2ccccc2C1. The molecule has 1 fully saturated rings. The summed E-state index contributed by atoms with van der Waals surface area (Å²) in [7, 11) is 0. The number of carbonyl (C=O) groups is 2. The lowest BCUT2D eigenvalue weighted by atomic mass is 10.00. The van der Waals surface area contributed by atoms with E-state index in [0.717, 1.165) is 6.42 Å². The van der Waals surface area contributed by atoms with Crippen LogP contribution in [0.4, 0.5) is 14.9 Å². The van der Waals surface area contributed by atoms with Crippen LogP contribution in [0.1, 0.15) is 11.1 Å². The Morgan fingerprint density at radius 1 is 0.962 bits per heavy atom. The van der Waals surface area contributed by atoms with Gasteiger partial charge in [0.05, 0.1) is 0 Å². The fraction of sp³-hybridized carbons (Fsp3) is 0.300. The second kappa shape index (κ2) is 6.78. The molecule has 4 rings (SSSR count). The van der Waals surface area contributed by atoms with Gasteiger partial charge in [-0.05, 0) is 41.8 Å². The number of hydrogen-bond donors (Lipinski definition) is 0.